The molecule has 0 aliphatic heterocycles. The van der Waals surface area contributed by atoms with E-state index in [1.165, 1.54) is 29.2 Å². The lowest BCUT2D eigenvalue weighted by Crippen LogP contribution is -2.43. The largest absolute Gasteiger partial charge is 0.395 e. The molecule has 0 aliphatic rings. The Morgan fingerprint density at radius 2 is 1.81 bits per heavy atom. The molecule has 0 radical (unpaired) electrons. The molecule has 5 N–H and O–H groups in total. The average molecular weight is 532 g/mol. The molecule has 8 nitrogen and oxygen atoms in total. The highest BCUT2D eigenvalue weighted by Crippen LogP contribution is 2.31. The first-order valence-corrected chi connectivity index (χ1v) is 12.4. The van der Waals surface area contributed by atoms with Crippen molar-refractivity contribution in [3.63, 3.8) is 0 Å². The van der Waals surface area contributed by atoms with E-state index in [4.69, 9.17) is 23.1 Å². The monoisotopic (exact) mass is 531 g/mol. The number of nitrogens with one attached hydrogen (secondary N) is 1. The summed E-state index contributed by atoms with van der Waals surface area (Å²) in [6.45, 7) is 4.37. The highest BCUT2D eigenvalue weighted by atomic mass is 35.5. The van der Waals surface area contributed by atoms with Gasteiger partial charge in [0.25, 0.3) is 11.8 Å². The number of benzene rings is 2. The number of primary amides is 1. The summed E-state index contributed by atoms with van der Waals surface area (Å²) in [4.78, 5) is 40.3. The van der Waals surface area contributed by atoms with Gasteiger partial charge in [-0.1, -0.05) is 55.8 Å². The summed E-state index contributed by atoms with van der Waals surface area (Å²) in [5.74, 6) is -2.12. The number of anilines is 1. The first kappa shape index (κ1) is 27.1. The standard InChI is InChI=1S/C25H27ClFN5O3S/c1-14(2)11-12-30-24(34)21(15-7-9-17(27)10-8-15)32(13-16-5-3-4-6-18(16)26)25(35)22-19(28)20(23(29)33)31-36-22/h3-10,14,21H,11-13,28H2,1-2H3,(H2,29,33)(H,30,34). The van der Waals surface area contributed by atoms with Gasteiger partial charge in [0.1, 0.15) is 16.7 Å². The second kappa shape index (κ2) is 12.0. The molecule has 0 spiro atoms. The van der Waals surface area contributed by atoms with E-state index in [9.17, 15) is 18.8 Å². The quantitative estimate of drug-likeness (QED) is 0.361. The SMILES string of the molecule is CC(C)CCNC(=O)C(c1ccc(F)cc1)N(Cc1ccccc1Cl)C(=O)c1snc(C(N)=O)c1N. The second-order valence-corrected chi connectivity index (χ2v) is 9.77. The van der Waals surface area contributed by atoms with Gasteiger partial charge in [-0.15, -0.1) is 0 Å². The van der Waals surface area contributed by atoms with E-state index in [0.717, 1.165) is 6.42 Å². The maximum absolute atomic E-state index is 13.9. The summed E-state index contributed by atoms with van der Waals surface area (Å²) < 4.78 is 17.7. The van der Waals surface area contributed by atoms with Crippen LogP contribution >= 0.6 is 23.1 Å². The second-order valence-electron chi connectivity index (χ2n) is 8.59. The molecule has 3 rings (SSSR count). The lowest BCUT2D eigenvalue weighted by molar-refractivity contribution is -0.126. The van der Waals surface area contributed by atoms with Crippen LogP contribution in [0.5, 0.6) is 0 Å². The van der Waals surface area contributed by atoms with Gasteiger partial charge < -0.3 is 21.7 Å². The molecule has 1 aromatic heterocycles. The Balaban J connectivity index is 2.11. The van der Waals surface area contributed by atoms with E-state index >= 15 is 0 Å². The summed E-state index contributed by atoms with van der Waals surface area (Å²) in [6, 6.07) is 11.1. The maximum Gasteiger partial charge on any atom is 0.270 e. The summed E-state index contributed by atoms with van der Waals surface area (Å²) in [5.41, 5.74) is 11.9. The molecule has 11 heteroatoms. The van der Waals surface area contributed by atoms with E-state index in [0.29, 0.717) is 40.1 Å². The smallest absolute Gasteiger partial charge is 0.270 e. The molecule has 36 heavy (non-hydrogen) atoms. The zero-order valence-electron chi connectivity index (χ0n) is 19.8. The molecule has 1 heterocycles. The van der Waals surface area contributed by atoms with Gasteiger partial charge in [0.15, 0.2) is 5.69 Å². The van der Waals surface area contributed by atoms with Crippen molar-refractivity contribution in [1.82, 2.24) is 14.6 Å². The van der Waals surface area contributed by atoms with E-state index in [2.05, 4.69) is 9.69 Å². The van der Waals surface area contributed by atoms with Crippen LogP contribution in [-0.2, 0) is 11.3 Å². The zero-order chi connectivity index (χ0) is 26.4. The first-order chi connectivity index (χ1) is 17.1. The van der Waals surface area contributed by atoms with Crippen LogP contribution in [0.1, 0.15) is 57.6 Å². The predicted molar refractivity (Wildman–Crippen MR) is 138 cm³/mol. The first-order valence-electron chi connectivity index (χ1n) is 11.2. The summed E-state index contributed by atoms with van der Waals surface area (Å²) in [7, 11) is 0. The third kappa shape index (κ3) is 6.38. The minimum Gasteiger partial charge on any atom is -0.395 e. The summed E-state index contributed by atoms with van der Waals surface area (Å²) in [6.07, 6.45) is 0.726. The van der Waals surface area contributed by atoms with Crippen LogP contribution in [0.3, 0.4) is 0 Å². The predicted octanol–water partition coefficient (Wildman–Crippen LogP) is 4.16. The molecular formula is C25H27ClFN5O3S. The maximum atomic E-state index is 13.9. The third-order valence-corrected chi connectivity index (χ3v) is 6.70. The van der Waals surface area contributed by atoms with Gasteiger partial charge in [0.2, 0.25) is 5.91 Å². The number of hydrogen-bond donors (Lipinski definition) is 3. The van der Waals surface area contributed by atoms with E-state index < -0.39 is 29.6 Å². The van der Waals surface area contributed by atoms with Crippen molar-refractivity contribution in [3.8, 4) is 0 Å². The Morgan fingerprint density at radius 1 is 1.14 bits per heavy atom. The normalized spacial score (nSPS) is 11.8. The third-order valence-electron chi connectivity index (χ3n) is 5.48. The lowest BCUT2D eigenvalue weighted by atomic mass is 10.0. The lowest BCUT2D eigenvalue weighted by Gasteiger charge is -2.31. The molecule has 3 aromatic rings. The highest BCUT2D eigenvalue weighted by molar-refractivity contribution is 7.09. The van der Waals surface area contributed by atoms with Crippen LogP contribution in [0.4, 0.5) is 10.1 Å². The molecule has 0 aliphatic carbocycles. The Morgan fingerprint density at radius 3 is 2.39 bits per heavy atom. The number of nitrogen functional groups attached to an aromatic ring is 1. The van der Waals surface area contributed by atoms with Crippen LogP contribution < -0.4 is 16.8 Å². The molecule has 0 saturated carbocycles. The molecule has 190 valence electrons. The van der Waals surface area contributed by atoms with Crippen LogP contribution in [0.15, 0.2) is 48.5 Å². The Kier molecular flexibility index (Phi) is 9.00. The fraction of sp³-hybridized carbons (Fsp3) is 0.280. The Labute approximate surface area is 217 Å². The number of carbonyl (C=O) groups is 3. The number of carbonyl (C=O) groups excluding carboxylic acids is 3. The van der Waals surface area contributed by atoms with Crippen molar-refractivity contribution in [2.75, 3.05) is 12.3 Å². The molecule has 0 fully saturated rings. The summed E-state index contributed by atoms with van der Waals surface area (Å²) in [5, 5.41) is 3.27. The van der Waals surface area contributed by atoms with E-state index in [1.807, 2.05) is 13.8 Å². The van der Waals surface area contributed by atoms with Gasteiger partial charge in [-0.2, -0.15) is 4.37 Å². The van der Waals surface area contributed by atoms with Crippen molar-refractivity contribution in [3.05, 3.63) is 81.1 Å². The van der Waals surface area contributed by atoms with Gasteiger partial charge >= 0.3 is 0 Å². The number of rotatable bonds is 10. The summed E-state index contributed by atoms with van der Waals surface area (Å²) >= 11 is 7.09. The molecule has 0 saturated heterocycles. The zero-order valence-corrected chi connectivity index (χ0v) is 21.4. The molecule has 0 bridgehead atoms. The Hall–Kier alpha value is -3.50. The van der Waals surface area contributed by atoms with Crippen LogP contribution in [0.2, 0.25) is 5.02 Å². The fourth-order valence-corrected chi connectivity index (χ4v) is 4.51. The molecule has 2 aromatic carbocycles. The van der Waals surface area contributed by atoms with Gasteiger partial charge in [0.05, 0.1) is 5.69 Å². The highest BCUT2D eigenvalue weighted by Gasteiger charge is 2.35. The van der Waals surface area contributed by atoms with E-state index in [-0.39, 0.29) is 22.8 Å². The van der Waals surface area contributed by atoms with Gasteiger partial charge in [-0.25, -0.2) is 4.39 Å². The topological polar surface area (TPSA) is 131 Å². The minimum atomic E-state index is -1.15. The van der Waals surface area contributed by atoms with E-state index in [1.54, 1.807) is 24.3 Å². The van der Waals surface area contributed by atoms with Crippen molar-refractivity contribution < 1.29 is 18.8 Å². The molecular weight excluding hydrogens is 505 g/mol. The van der Waals surface area contributed by atoms with Crippen LogP contribution in [0.25, 0.3) is 0 Å². The number of amides is 3. The number of hydrogen-bond acceptors (Lipinski definition) is 6. The van der Waals surface area contributed by atoms with Crippen molar-refractivity contribution >= 4 is 46.5 Å². The van der Waals surface area contributed by atoms with Gasteiger partial charge in [0, 0.05) is 18.1 Å². The van der Waals surface area contributed by atoms with Gasteiger partial charge in [-0.3, -0.25) is 14.4 Å². The number of nitrogens with two attached hydrogens (primary N) is 2. The van der Waals surface area contributed by atoms with Crippen LogP contribution in [-0.4, -0.2) is 33.5 Å². The molecule has 3 amide bonds. The van der Waals surface area contributed by atoms with Crippen LogP contribution in [0, 0.1) is 11.7 Å². The molecule has 1 unspecified atom stereocenters. The molecule has 1 atom stereocenters. The Bertz CT molecular complexity index is 1250. The van der Waals surface area contributed by atoms with Crippen molar-refractivity contribution in [1.29, 1.82) is 0 Å². The van der Waals surface area contributed by atoms with Crippen molar-refractivity contribution in [2.24, 2.45) is 11.7 Å². The number of halogens is 2. The minimum absolute atomic E-state index is 0.0436. The van der Waals surface area contributed by atoms with Gasteiger partial charge in [-0.05, 0) is 53.2 Å². The van der Waals surface area contributed by atoms with Crippen molar-refractivity contribution in [2.45, 2.75) is 32.9 Å². The average Bonchev–Trinajstić information content (AvgIpc) is 3.22. The fourth-order valence-electron chi connectivity index (χ4n) is 3.55. The number of nitrogens with zero attached hydrogens (tertiary/aromatic N) is 2. The number of aromatic nitrogens is 1.